The first-order valence-electron chi connectivity index (χ1n) is 8.31. The molecule has 5 nitrogen and oxygen atoms in total. The number of hydrogen-bond donors (Lipinski definition) is 1. The fraction of sp³-hybridized carbons (Fsp3) is 0.150. The van der Waals surface area contributed by atoms with Gasteiger partial charge in [-0.3, -0.25) is 13.7 Å². The van der Waals surface area contributed by atoms with Gasteiger partial charge in [-0.05, 0) is 37.3 Å². The first-order valence-corrected chi connectivity index (χ1v) is 9.08. The highest BCUT2D eigenvalue weighted by Gasteiger charge is 2.21. The lowest BCUT2D eigenvalue weighted by atomic mass is 10.2. The second kappa shape index (κ2) is 8.01. The van der Waals surface area contributed by atoms with Crippen LogP contribution in [0, 0.1) is 6.92 Å². The molecule has 0 spiro atoms. The molecule has 0 aliphatic heterocycles. The van der Waals surface area contributed by atoms with Gasteiger partial charge in [-0.2, -0.15) is 0 Å². The molecule has 1 aromatic heterocycles. The van der Waals surface area contributed by atoms with Crippen molar-refractivity contribution in [1.29, 1.82) is 0 Å². The molecule has 3 aromatic rings. The highest BCUT2D eigenvalue weighted by molar-refractivity contribution is 7.67. The van der Waals surface area contributed by atoms with Gasteiger partial charge in [0.2, 0.25) is 5.88 Å². The molecule has 0 unspecified atom stereocenters. The normalized spacial score (nSPS) is 10.5. The largest absolute Gasteiger partial charge is 0.407 e. The van der Waals surface area contributed by atoms with E-state index in [2.05, 4.69) is 0 Å². The molecule has 0 saturated heterocycles. The van der Waals surface area contributed by atoms with Crippen LogP contribution in [0.2, 0.25) is 0 Å². The summed E-state index contributed by atoms with van der Waals surface area (Å²) in [6.07, 6.45) is 2.05. The Hall–Kier alpha value is -2.86. The number of ether oxygens (including phenoxy) is 1. The van der Waals surface area contributed by atoms with Crippen molar-refractivity contribution in [1.82, 2.24) is 4.57 Å². The molecule has 0 bridgehead atoms. The van der Waals surface area contributed by atoms with Gasteiger partial charge in [0, 0.05) is 18.3 Å². The maximum atomic E-state index is 12.0. The van der Waals surface area contributed by atoms with Gasteiger partial charge in [-0.25, -0.2) is 4.21 Å². The Kier molecular flexibility index (Phi) is 5.53. The minimum absolute atomic E-state index is 0.219. The first-order chi connectivity index (χ1) is 12.6. The number of aromatic nitrogens is 1. The van der Waals surface area contributed by atoms with Crippen molar-refractivity contribution in [2.45, 2.75) is 20.3 Å². The van der Waals surface area contributed by atoms with Crippen LogP contribution in [0.3, 0.4) is 0 Å². The van der Waals surface area contributed by atoms with Crippen molar-refractivity contribution in [2.75, 3.05) is 4.31 Å². The molecule has 2 aromatic carbocycles. The Morgan fingerprint density at radius 3 is 2.38 bits per heavy atom. The monoisotopic (exact) mass is 368 g/mol. The van der Waals surface area contributed by atoms with E-state index in [-0.39, 0.29) is 24.2 Å². The molecular weight excluding hydrogens is 348 g/mol. The fourth-order valence-corrected chi connectivity index (χ4v) is 3.03. The number of carbonyl (C=O) groups excluding carboxylic acids is 1. The second-order valence-corrected chi connectivity index (χ2v) is 6.33. The number of carbonyl (C=O) groups is 1. The average Bonchev–Trinajstić information content (AvgIpc) is 3.07. The topological polar surface area (TPSA) is 51.5 Å². The number of esters is 1. The fourth-order valence-electron chi connectivity index (χ4n) is 2.56. The van der Waals surface area contributed by atoms with E-state index in [0.717, 1.165) is 16.9 Å². The highest BCUT2D eigenvalue weighted by Crippen LogP contribution is 2.36. The maximum absolute atomic E-state index is 12.0. The molecule has 0 amide bonds. The van der Waals surface area contributed by atoms with Crippen LogP contribution in [0.15, 0.2) is 66.9 Å². The van der Waals surface area contributed by atoms with E-state index >= 15 is 0 Å². The Morgan fingerprint density at radius 1 is 1.08 bits per heavy atom. The zero-order valence-corrected chi connectivity index (χ0v) is 15.5. The lowest BCUT2D eigenvalue weighted by Crippen LogP contribution is -2.15. The van der Waals surface area contributed by atoms with Gasteiger partial charge in [0.15, 0.2) is 0 Å². The Morgan fingerprint density at radius 2 is 1.77 bits per heavy atom. The van der Waals surface area contributed by atoms with Crippen molar-refractivity contribution >= 4 is 29.2 Å². The summed E-state index contributed by atoms with van der Waals surface area (Å²) in [5.74, 6) is -0.0134. The third kappa shape index (κ3) is 3.70. The number of nitrogens with zero attached hydrogens (tertiary/aromatic N) is 2. The van der Waals surface area contributed by atoms with Crippen molar-refractivity contribution in [3.05, 3.63) is 72.4 Å². The third-order valence-corrected chi connectivity index (χ3v) is 4.55. The molecule has 134 valence electrons. The van der Waals surface area contributed by atoms with Crippen molar-refractivity contribution in [3.63, 3.8) is 0 Å². The summed E-state index contributed by atoms with van der Waals surface area (Å²) >= 11 is -0.219. The Labute approximate surface area is 156 Å². The van der Waals surface area contributed by atoms with Gasteiger partial charge in [-0.1, -0.05) is 42.8 Å². The lowest BCUT2D eigenvalue weighted by Gasteiger charge is -2.19. The van der Waals surface area contributed by atoms with Crippen LogP contribution in [0.4, 0.5) is 11.4 Å². The van der Waals surface area contributed by atoms with Crippen molar-refractivity contribution in [2.24, 2.45) is 0 Å². The van der Waals surface area contributed by atoms with Crippen molar-refractivity contribution in [3.8, 4) is 11.6 Å². The van der Waals surface area contributed by atoms with Gasteiger partial charge in [0.25, 0.3) is 0 Å². The van der Waals surface area contributed by atoms with Crippen LogP contribution < -0.4 is 9.04 Å². The standard InChI is InChI=1S/C20H20N2O3S/c1-3-19(23)25-20-18(13-14-21(20)16-7-5-4-6-8-16)22(26-24)17-11-9-15(2)10-12-17/h4-14,26H,3H2,1-2H3. The van der Waals surface area contributed by atoms with Crippen LogP contribution >= 0.6 is 0 Å². The predicted molar refractivity (Wildman–Crippen MR) is 105 cm³/mol. The summed E-state index contributed by atoms with van der Waals surface area (Å²) in [6, 6.07) is 19.0. The zero-order valence-electron chi connectivity index (χ0n) is 14.6. The minimum Gasteiger partial charge on any atom is -0.407 e. The summed E-state index contributed by atoms with van der Waals surface area (Å²) in [7, 11) is 0. The van der Waals surface area contributed by atoms with E-state index in [0.29, 0.717) is 11.6 Å². The number of aryl methyl sites for hydroxylation is 1. The molecule has 0 aliphatic carbocycles. The van der Waals surface area contributed by atoms with Crippen LogP contribution in [0.1, 0.15) is 18.9 Å². The molecule has 6 heteroatoms. The Balaban J connectivity index is 2.10. The van der Waals surface area contributed by atoms with Crippen LogP contribution in [0.25, 0.3) is 5.69 Å². The molecule has 0 atom stereocenters. The molecule has 0 fully saturated rings. The van der Waals surface area contributed by atoms with E-state index in [4.69, 9.17) is 4.74 Å². The molecule has 0 aliphatic rings. The van der Waals surface area contributed by atoms with Crippen LogP contribution in [0.5, 0.6) is 5.88 Å². The SMILES string of the molecule is CCC(=O)Oc1c(N([SH]=O)c2ccc(C)cc2)ccn1-c1ccccc1. The Bertz CT molecular complexity index is 905. The zero-order chi connectivity index (χ0) is 18.5. The average molecular weight is 368 g/mol. The molecule has 26 heavy (non-hydrogen) atoms. The molecule has 3 rings (SSSR count). The van der Waals surface area contributed by atoms with Crippen LogP contribution in [-0.2, 0) is 16.6 Å². The molecule has 0 N–H and O–H groups in total. The van der Waals surface area contributed by atoms with Gasteiger partial charge in [-0.15, -0.1) is 0 Å². The second-order valence-electron chi connectivity index (χ2n) is 5.77. The summed E-state index contributed by atoms with van der Waals surface area (Å²) in [5, 5.41) is 0. The lowest BCUT2D eigenvalue weighted by molar-refractivity contribution is -0.134. The summed E-state index contributed by atoms with van der Waals surface area (Å²) in [4.78, 5) is 12.0. The minimum atomic E-state index is -0.353. The number of rotatable bonds is 6. The van der Waals surface area contributed by atoms with Gasteiger partial charge < -0.3 is 4.74 Å². The predicted octanol–water partition coefficient (Wildman–Crippen LogP) is 4.10. The van der Waals surface area contributed by atoms with Crippen LogP contribution in [-0.4, -0.2) is 14.7 Å². The summed E-state index contributed by atoms with van der Waals surface area (Å²) < 4.78 is 20.8. The molecule has 0 saturated carbocycles. The summed E-state index contributed by atoms with van der Waals surface area (Å²) in [5.41, 5.74) is 3.25. The van der Waals surface area contributed by atoms with E-state index in [9.17, 15) is 9.00 Å². The maximum Gasteiger partial charge on any atom is 0.312 e. The van der Waals surface area contributed by atoms with E-state index in [1.807, 2.05) is 61.5 Å². The molecule has 0 radical (unpaired) electrons. The molecular formula is C20H20N2O3S. The number of hydrogen-bond acceptors (Lipinski definition) is 3. The highest BCUT2D eigenvalue weighted by atomic mass is 32.2. The number of thiol groups is 1. The van der Waals surface area contributed by atoms with Gasteiger partial charge in [0.1, 0.15) is 17.5 Å². The van der Waals surface area contributed by atoms with E-state index < -0.39 is 0 Å². The van der Waals surface area contributed by atoms with E-state index in [1.54, 1.807) is 28.1 Å². The van der Waals surface area contributed by atoms with E-state index in [1.165, 1.54) is 0 Å². The number of anilines is 2. The molecule has 1 heterocycles. The quantitative estimate of drug-likeness (QED) is 0.526. The first kappa shape index (κ1) is 17.9. The smallest absolute Gasteiger partial charge is 0.312 e. The van der Waals surface area contributed by atoms with Gasteiger partial charge in [0.05, 0.1) is 5.69 Å². The van der Waals surface area contributed by atoms with Crippen molar-refractivity contribution < 1.29 is 13.7 Å². The van der Waals surface area contributed by atoms with Gasteiger partial charge >= 0.3 is 5.97 Å². The number of para-hydroxylation sites is 1. The summed E-state index contributed by atoms with van der Waals surface area (Å²) in [6.45, 7) is 3.73. The number of benzene rings is 2. The third-order valence-electron chi connectivity index (χ3n) is 3.94.